The molecule has 0 unspecified atom stereocenters. The van der Waals surface area contributed by atoms with E-state index in [9.17, 15) is 0 Å². The quantitative estimate of drug-likeness (QED) is 0.731. The van der Waals surface area contributed by atoms with Gasteiger partial charge in [0.05, 0.1) is 18.3 Å². The minimum absolute atomic E-state index is 0.983. The average Bonchev–Trinajstić information content (AvgIpc) is 3.05. The van der Waals surface area contributed by atoms with E-state index in [-0.39, 0.29) is 0 Å². The predicted octanol–water partition coefficient (Wildman–Crippen LogP) is 3.47. The maximum atomic E-state index is 4.54. The summed E-state index contributed by atoms with van der Waals surface area (Å²) >= 11 is 1.74. The number of aromatic nitrogens is 2. The number of thiophene rings is 1. The predicted molar refractivity (Wildman–Crippen MR) is 84.1 cm³/mol. The van der Waals surface area contributed by atoms with Gasteiger partial charge in [-0.2, -0.15) is 16.4 Å². The Kier molecular flexibility index (Phi) is 3.05. The third-order valence-electron chi connectivity index (χ3n) is 4.08. The first-order chi connectivity index (χ1) is 9.90. The number of hydrogen-bond acceptors (Lipinski definition) is 3. The Morgan fingerprint density at radius 3 is 2.80 bits per heavy atom. The molecular formula is C16H17N3S. The van der Waals surface area contributed by atoms with Crippen molar-refractivity contribution >= 4 is 22.2 Å². The second-order valence-electron chi connectivity index (χ2n) is 5.35. The summed E-state index contributed by atoms with van der Waals surface area (Å²) in [4.78, 5) is 2.48. The van der Waals surface area contributed by atoms with Crippen molar-refractivity contribution in [1.82, 2.24) is 14.7 Å². The standard InChI is InChI=1S/C16H17N3S/c1-5-18(6-1)7-8-19-16-10-13(15-4-9-20-12-15)2-3-14(16)11-17-19/h2-4,9-12H,1,5-8H2. The van der Waals surface area contributed by atoms with Crippen LogP contribution in [0.1, 0.15) is 6.42 Å². The van der Waals surface area contributed by atoms with E-state index in [0.29, 0.717) is 0 Å². The normalized spacial score (nSPS) is 15.6. The van der Waals surface area contributed by atoms with Gasteiger partial charge in [-0.25, -0.2) is 0 Å². The molecular weight excluding hydrogens is 266 g/mol. The van der Waals surface area contributed by atoms with Gasteiger partial charge in [0.2, 0.25) is 0 Å². The summed E-state index contributed by atoms with van der Waals surface area (Å²) in [7, 11) is 0. The van der Waals surface area contributed by atoms with Crippen LogP contribution in [0, 0.1) is 0 Å². The zero-order valence-electron chi connectivity index (χ0n) is 11.3. The fourth-order valence-corrected chi connectivity index (χ4v) is 3.36. The van der Waals surface area contributed by atoms with Crippen LogP contribution in [-0.4, -0.2) is 34.3 Å². The maximum Gasteiger partial charge on any atom is 0.0689 e. The fourth-order valence-electron chi connectivity index (χ4n) is 2.70. The number of benzene rings is 1. The number of hydrogen-bond donors (Lipinski definition) is 0. The molecule has 20 heavy (non-hydrogen) atoms. The van der Waals surface area contributed by atoms with Gasteiger partial charge >= 0.3 is 0 Å². The van der Waals surface area contributed by atoms with Crippen LogP contribution in [0.25, 0.3) is 22.0 Å². The minimum atomic E-state index is 0.983. The van der Waals surface area contributed by atoms with Crippen molar-refractivity contribution < 1.29 is 0 Å². The summed E-state index contributed by atoms with van der Waals surface area (Å²) in [5, 5.41) is 10.1. The third kappa shape index (κ3) is 2.15. The molecule has 3 heterocycles. The molecule has 0 radical (unpaired) electrons. The molecule has 1 aliphatic heterocycles. The minimum Gasteiger partial charge on any atom is -0.301 e. The van der Waals surface area contributed by atoms with Gasteiger partial charge < -0.3 is 4.90 Å². The topological polar surface area (TPSA) is 21.1 Å². The lowest BCUT2D eigenvalue weighted by Gasteiger charge is -2.30. The first kappa shape index (κ1) is 12.1. The molecule has 3 aromatic rings. The highest BCUT2D eigenvalue weighted by atomic mass is 32.1. The Balaban J connectivity index is 1.65. The van der Waals surface area contributed by atoms with E-state index in [4.69, 9.17) is 0 Å². The highest BCUT2D eigenvalue weighted by Gasteiger charge is 2.13. The Morgan fingerprint density at radius 1 is 1.10 bits per heavy atom. The van der Waals surface area contributed by atoms with Crippen molar-refractivity contribution in [3.8, 4) is 11.1 Å². The molecule has 4 rings (SSSR count). The van der Waals surface area contributed by atoms with E-state index in [1.165, 1.54) is 41.5 Å². The van der Waals surface area contributed by atoms with Gasteiger partial charge in [-0.15, -0.1) is 0 Å². The zero-order valence-corrected chi connectivity index (χ0v) is 12.1. The second kappa shape index (κ2) is 5.04. The van der Waals surface area contributed by atoms with Gasteiger partial charge in [0.15, 0.2) is 0 Å². The molecule has 2 aromatic heterocycles. The number of fused-ring (bicyclic) bond motifs is 1. The molecule has 4 heteroatoms. The summed E-state index contributed by atoms with van der Waals surface area (Å²) in [6.45, 7) is 4.59. The second-order valence-corrected chi connectivity index (χ2v) is 6.13. The Morgan fingerprint density at radius 2 is 2.05 bits per heavy atom. The molecule has 1 saturated heterocycles. The van der Waals surface area contributed by atoms with Crippen LogP contribution in [0.5, 0.6) is 0 Å². The highest BCUT2D eigenvalue weighted by Crippen LogP contribution is 2.26. The summed E-state index contributed by atoms with van der Waals surface area (Å²) in [6, 6.07) is 8.80. The third-order valence-corrected chi connectivity index (χ3v) is 4.76. The van der Waals surface area contributed by atoms with E-state index in [1.54, 1.807) is 11.3 Å². The van der Waals surface area contributed by atoms with E-state index < -0.39 is 0 Å². The zero-order chi connectivity index (χ0) is 13.4. The molecule has 0 amide bonds. The van der Waals surface area contributed by atoms with Crippen molar-refractivity contribution in [2.24, 2.45) is 0 Å². The molecule has 0 N–H and O–H groups in total. The van der Waals surface area contributed by atoms with Gasteiger partial charge in [-0.3, -0.25) is 4.68 Å². The lowest BCUT2D eigenvalue weighted by molar-refractivity contribution is 0.173. The first-order valence-electron chi connectivity index (χ1n) is 7.11. The lowest BCUT2D eigenvalue weighted by atomic mass is 10.1. The molecule has 1 fully saturated rings. The van der Waals surface area contributed by atoms with Gasteiger partial charge in [-0.05, 0) is 53.5 Å². The van der Waals surface area contributed by atoms with E-state index in [0.717, 1.165) is 13.1 Å². The largest absolute Gasteiger partial charge is 0.301 e. The summed E-state index contributed by atoms with van der Waals surface area (Å²) < 4.78 is 2.14. The van der Waals surface area contributed by atoms with Crippen molar-refractivity contribution in [1.29, 1.82) is 0 Å². The number of nitrogens with zero attached hydrogens (tertiary/aromatic N) is 3. The van der Waals surface area contributed by atoms with Crippen LogP contribution < -0.4 is 0 Å². The molecule has 0 saturated carbocycles. The molecule has 0 aliphatic carbocycles. The number of rotatable bonds is 4. The molecule has 1 aromatic carbocycles. The summed E-state index contributed by atoms with van der Waals surface area (Å²) in [5.74, 6) is 0. The van der Waals surface area contributed by atoms with Crippen LogP contribution in [0.4, 0.5) is 0 Å². The SMILES string of the molecule is c1cc(-c2ccc3cnn(CCN4CCC4)c3c2)cs1. The Hall–Kier alpha value is -1.65. The van der Waals surface area contributed by atoms with E-state index in [1.807, 2.05) is 6.20 Å². The molecule has 0 atom stereocenters. The monoisotopic (exact) mass is 283 g/mol. The van der Waals surface area contributed by atoms with Crippen LogP contribution in [-0.2, 0) is 6.54 Å². The summed E-state index contributed by atoms with van der Waals surface area (Å²) in [6.07, 6.45) is 3.32. The van der Waals surface area contributed by atoms with Crippen molar-refractivity contribution in [3.63, 3.8) is 0 Å². The van der Waals surface area contributed by atoms with Crippen LogP contribution in [0.15, 0.2) is 41.2 Å². The van der Waals surface area contributed by atoms with Gasteiger partial charge in [0.25, 0.3) is 0 Å². The van der Waals surface area contributed by atoms with Gasteiger partial charge in [0.1, 0.15) is 0 Å². The van der Waals surface area contributed by atoms with Crippen LogP contribution >= 0.6 is 11.3 Å². The van der Waals surface area contributed by atoms with Crippen molar-refractivity contribution in [2.75, 3.05) is 19.6 Å². The van der Waals surface area contributed by atoms with Gasteiger partial charge in [0, 0.05) is 11.9 Å². The molecule has 1 aliphatic rings. The van der Waals surface area contributed by atoms with Crippen molar-refractivity contribution in [2.45, 2.75) is 13.0 Å². The molecule has 102 valence electrons. The lowest BCUT2D eigenvalue weighted by Crippen LogP contribution is -2.39. The average molecular weight is 283 g/mol. The van der Waals surface area contributed by atoms with E-state index >= 15 is 0 Å². The van der Waals surface area contributed by atoms with Gasteiger partial charge in [-0.1, -0.05) is 12.1 Å². The molecule has 0 spiro atoms. The molecule has 0 bridgehead atoms. The fraction of sp³-hybridized carbons (Fsp3) is 0.312. The van der Waals surface area contributed by atoms with E-state index in [2.05, 4.69) is 49.7 Å². The maximum absolute atomic E-state index is 4.54. The smallest absolute Gasteiger partial charge is 0.0689 e. The van der Waals surface area contributed by atoms with Crippen molar-refractivity contribution in [3.05, 3.63) is 41.2 Å². The molecule has 3 nitrogen and oxygen atoms in total. The highest BCUT2D eigenvalue weighted by molar-refractivity contribution is 7.08. The number of likely N-dealkylation sites (tertiary alicyclic amines) is 1. The summed E-state index contributed by atoms with van der Waals surface area (Å²) in [5.41, 5.74) is 3.83. The Bertz CT molecular complexity index is 710. The van der Waals surface area contributed by atoms with Crippen LogP contribution in [0.3, 0.4) is 0 Å². The first-order valence-corrected chi connectivity index (χ1v) is 8.05. The van der Waals surface area contributed by atoms with Crippen LogP contribution in [0.2, 0.25) is 0 Å². The Labute approximate surface area is 122 Å².